The molecule has 1 aromatic rings. The van der Waals surface area contributed by atoms with Crippen LogP contribution in [0.2, 0.25) is 0 Å². The number of amides is 1. The lowest BCUT2D eigenvalue weighted by atomic mass is 10.2. The van der Waals surface area contributed by atoms with Gasteiger partial charge in [-0.2, -0.15) is 5.26 Å². The first-order chi connectivity index (χ1) is 7.69. The summed E-state index contributed by atoms with van der Waals surface area (Å²) < 4.78 is 0.884. The van der Waals surface area contributed by atoms with Gasteiger partial charge in [0, 0.05) is 23.1 Å². The maximum absolute atomic E-state index is 12.0. The lowest BCUT2D eigenvalue weighted by Crippen LogP contribution is -2.31. The van der Waals surface area contributed by atoms with Crippen molar-refractivity contribution in [3.8, 4) is 6.07 Å². The summed E-state index contributed by atoms with van der Waals surface area (Å²) in [6.45, 7) is 3.01. The first-order valence-corrected chi connectivity index (χ1v) is 5.90. The van der Waals surface area contributed by atoms with Crippen molar-refractivity contribution in [2.24, 2.45) is 0 Å². The SMILES string of the molecule is CCN(CCC#N)C(=O)c1cccc(Br)c1. The molecule has 0 heterocycles. The third-order valence-corrected chi connectivity index (χ3v) is 2.73. The number of rotatable bonds is 4. The quantitative estimate of drug-likeness (QED) is 0.851. The van der Waals surface area contributed by atoms with Gasteiger partial charge in [0.25, 0.3) is 5.91 Å². The molecule has 0 unspecified atom stereocenters. The number of carbonyl (C=O) groups is 1. The van der Waals surface area contributed by atoms with Crippen LogP contribution in [0.15, 0.2) is 28.7 Å². The summed E-state index contributed by atoms with van der Waals surface area (Å²) in [4.78, 5) is 13.7. The van der Waals surface area contributed by atoms with Crippen LogP contribution in [0.25, 0.3) is 0 Å². The number of nitrogens with zero attached hydrogens (tertiary/aromatic N) is 2. The second kappa shape index (κ2) is 6.29. The molecule has 3 nitrogen and oxygen atoms in total. The van der Waals surface area contributed by atoms with Gasteiger partial charge >= 0.3 is 0 Å². The Balaban J connectivity index is 2.79. The van der Waals surface area contributed by atoms with Crippen LogP contribution in [0.3, 0.4) is 0 Å². The zero-order chi connectivity index (χ0) is 12.0. The minimum absolute atomic E-state index is 0.0287. The fraction of sp³-hybridized carbons (Fsp3) is 0.333. The molecule has 1 rings (SSSR count). The van der Waals surface area contributed by atoms with Crippen molar-refractivity contribution >= 4 is 21.8 Å². The fourth-order valence-corrected chi connectivity index (χ4v) is 1.79. The van der Waals surface area contributed by atoms with Gasteiger partial charge in [0.15, 0.2) is 0 Å². The summed E-state index contributed by atoms with van der Waals surface area (Å²) in [7, 11) is 0. The summed E-state index contributed by atoms with van der Waals surface area (Å²) in [6, 6.07) is 9.32. The van der Waals surface area contributed by atoms with Crippen molar-refractivity contribution in [2.75, 3.05) is 13.1 Å². The number of carbonyl (C=O) groups excluding carboxylic acids is 1. The smallest absolute Gasteiger partial charge is 0.253 e. The monoisotopic (exact) mass is 280 g/mol. The number of hydrogen-bond acceptors (Lipinski definition) is 2. The molecular formula is C12H13BrN2O. The van der Waals surface area contributed by atoms with Crippen molar-refractivity contribution in [3.05, 3.63) is 34.3 Å². The van der Waals surface area contributed by atoms with Crippen molar-refractivity contribution < 1.29 is 4.79 Å². The van der Waals surface area contributed by atoms with E-state index in [0.29, 0.717) is 25.1 Å². The molecule has 0 fully saturated rings. The van der Waals surface area contributed by atoms with Gasteiger partial charge in [0.2, 0.25) is 0 Å². The average molecular weight is 281 g/mol. The molecule has 1 amide bonds. The van der Waals surface area contributed by atoms with E-state index >= 15 is 0 Å². The van der Waals surface area contributed by atoms with Crippen LogP contribution >= 0.6 is 15.9 Å². The van der Waals surface area contributed by atoms with Gasteiger partial charge in [0.1, 0.15) is 0 Å². The van der Waals surface area contributed by atoms with Crippen molar-refractivity contribution in [3.63, 3.8) is 0 Å². The van der Waals surface area contributed by atoms with Crippen LogP contribution in [0.4, 0.5) is 0 Å². The lowest BCUT2D eigenvalue weighted by molar-refractivity contribution is 0.0768. The van der Waals surface area contributed by atoms with Crippen LogP contribution in [0, 0.1) is 11.3 Å². The molecule has 4 heteroatoms. The number of nitriles is 1. The average Bonchev–Trinajstić information content (AvgIpc) is 2.29. The number of benzene rings is 1. The van der Waals surface area contributed by atoms with Crippen molar-refractivity contribution in [1.29, 1.82) is 5.26 Å². The summed E-state index contributed by atoms with van der Waals surface area (Å²) >= 11 is 3.33. The molecule has 0 aromatic heterocycles. The Bertz CT molecular complexity index is 412. The zero-order valence-electron chi connectivity index (χ0n) is 9.11. The zero-order valence-corrected chi connectivity index (χ0v) is 10.7. The molecule has 84 valence electrons. The largest absolute Gasteiger partial charge is 0.338 e. The first-order valence-electron chi connectivity index (χ1n) is 5.10. The molecule has 16 heavy (non-hydrogen) atoms. The van der Waals surface area contributed by atoms with Gasteiger partial charge < -0.3 is 4.90 Å². The standard InChI is InChI=1S/C12H13BrN2O/c1-2-15(8-4-7-14)12(16)10-5-3-6-11(13)9-10/h3,5-6,9H,2,4,8H2,1H3. The van der Waals surface area contributed by atoms with Gasteiger partial charge in [-0.3, -0.25) is 4.79 Å². The van der Waals surface area contributed by atoms with Crippen LogP contribution in [-0.2, 0) is 0 Å². The van der Waals surface area contributed by atoms with Gasteiger partial charge in [-0.25, -0.2) is 0 Å². The molecule has 0 bridgehead atoms. The van der Waals surface area contributed by atoms with E-state index in [-0.39, 0.29) is 5.91 Å². The van der Waals surface area contributed by atoms with Crippen LogP contribution in [0.1, 0.15) is 23.7 Å². The first kappa shape index (κ1) is 12.7. The van der Waals surface area contributed by atoms with Gasteiger partial charge in [-0.15, -0.1) is 0 Å². The molecule has 0 aliphatic heterocycles. The molecule has 0 saturated heterocycles. The van der Waals surface area contributed by atoms with E-state index in [1.54, 1.807) is 17.0 Å². The predicted molar refractivity (Wildman–Crippen MR) is 65.9 cm³/mol. The highest BCUT2D eigenvalue weighted by Crippen LogP contribution is 2.13. The third-order valence-electron chi connectivity index (χ3n) is 2.23. The molecule has 0 saturated carbocycles. The molecule has 0 aliphatic carbocycles. The van der Waals surface area contributed by atoms with Crippen LogP contribution in [0.5, 0.6) is 0 Å². The van der Waals surface area contributed by atoms with E-state index in [1.807, 2.05) is 25.1 Å². The Labute approximate surface area is 104 Å². The second-order valence-corrected chi connectivity index (χ2v) is 4.22. The maximum atomic E-state index is 12.0. The summed E-state index contributed by atoms with van der Waals surface area (Å²) in [5.74, 6) is -0.0287. The molecule has 0 radical (unpaired) electrons. The lowest BCUT2D eigenvalue weighted by Gasteiger charge is -2.19. The summed E-state index contributed by atoms with van der Waals surface area (Å²) in [5, 5.41) is 8.51. The minimum Gasteiger partial charge on any atom is -0.338 e. The molecule has 0 aliphatic rings. The van der Waals surface area contributed by atoms with E-state index in [4.69, 9.17) is 5.26 Å². The third kappa shape index (κ3) is 3.35. The number of halogens is 1. The molecular weight excluding hydrogens is 268 g/mol. The summed E-state index contributed by atoms with van der Waals surface area (Å²) in [5.41, 5.74) is 0.647. The highest BCUT2D eigenvalue weighted by molar-refractivity contribution is 9.10. The highest BCUT2D eigenvalue weighted by atomic mass is 79.9. The molecule has 0 N–H and O–H groups in total. The van der Waals surface area contributed by atoms with Gasteiger partial charge in [-0.1, -0.05) is 22.0 Å². The van der Waals surface area contributed by atoms with Gasteiger partial charge in [-0.05, 0) is 25.1 Å². The van der Waals surface area contributed by atoms with E-state index in [9.17, 15) is 4.79 Å². The Morgan fingerprint density at radius 2 is 2.31 bits per heavy atom. The van der Waals surface area contributed by atoms with Gasteiger partial charge in [0.05, 0.1) is 12.5 Å². The van der Waals surface area contributed by atoms with Crippen molar-refractivity contribution in [1.82, 2.24) is 4.90 Å². The molecule has 1 aromatic carbocycles. The highest BCUT2D eigenvalue weighted by Gasteiger charge is 2.13. The topological polar surface area (TPSA) is 44.1 Å². The van der Waals surface area contributed by atoms with E-state index in [1.165, 1.54) is 0 Å². The Morgan fingerprint density at radius 3 is 2.88 bits per heavy atom. The Kier molecular flexibility index (Phi) is 5.00. The summed E-state index contributed by atoms with van der Waals surface area (Å²) in [6.07, 6.45) is 0.369. The van der Waals surface area contributed by atoms with Crippen LogP contribution < -0.4 is 0 Å². The number of hydrogen-bond donors (Lipinski definition) is 0. The normalized spacial score (nSPS) is 9.56. The molecule has 0 atom stereocenters. The maximum Gasteiger partial charge on any atom is 0.253 e. The van der Waals surface area contributed by atoms with Crippen molar-refractivity contribution in [2.45, 2.75) is 13.3 Å². The Hall–Kier alpha value is -1.34. The van der Waals surface area contributed by atoms with E-state index in [2.05, 4.69) is 15.9 Å². The predicted octanol–water partition coefficient (Wildman–Crippen LogP) is 2.82. The van der Waals surface area contributed by atoms with E-state index in [0.717, 1.165) is 4.47 Å². The fourth-order valence-electron chi connectivity index (χ4n) is 1.39. The Morgan fingerprint density at radius 1 is 1.56 bits per heavy atom. The van der Waals surface area contributed by atoms with Crippen LogP contribution in [-0.4, -0.2) is 23.9 Å². The second-order valence-electron chi connectivity index (χ2n) is 3.30. The minimum atomic E-state index is -0.0287. The molecule has 0 spiro atoms. The van der Waals surface area contributed by atoms with E-state index < -0.39 is 0 Å².